The zero-order chi connectivity index (χ0) is 20.7. The summed E-state index contributed by atoms with van der Waals surface area (Å²) in [4.78, 5) is 4.84. The molecule has 0 spiro atoms. The van der Waals surface area contributed by atoms with Gasteiger partial charge in [0.2, 0.25) is 10.0 Å². The van der Waals surface area contributed by atoms with Gasteiger partial charge < -0.3 is 15.4 Å². The molecule has 0 aliphatic heterocycles. The predicted octanol–water partition coefficient (Wildman–Crippen LogP) is 2.67. The Morgan fingerprint density at radius 3 is 2.32 bits per heavy atom. The lowest BCUT2D eigenvalue weighted by molar-refractivity contribution is 0.0205. The van der Waals surface area contributed by atoms with E-state index in [-0.39, 0.29) is 46.9 Å². The number of nitrogens with one attached hydrogen (secondary N) is 2. The SMILES string of the molecule is CCNC(=NCc1ccccc1S(=O)(=O)N(C)C)NCC(OC)C(C)(C)C.I. The summed E-state index contributed by atoms with van der Waals surface area (Å²) in [7, 11) is 1.24. The van der Waals surface area contributed by atoms with E-state index in [2.05, 4.69) is 36.4 Å². The molecule has 28 heavy (non-hydrogen) atoms. The number of aliphatic imine (C=N–C) groups is 1. The fraction of sp³-hybridized carbons (Fsp3) is 0.632. The molecule has 9 heteroatoms. The fourth-order valence-corrected chi connectivity index (χ4v) is 3.63. The Balaban J connectivity index is 0.00000729. The van der Waals surface area contributed by atoms with Crippen molar-refractivity contribution in [3.8, 4) is 0 Å². The predicted molar refractivity (Wildman–Crippen MR) is 126 cm³/mol. The Morgan fingerprint density at radius 1 is 1.21 bits per heavy atom. The first-order valence-corrected chi connectivity index (χ1v) is 10.5. The van der Waals surface area contributed by atoms with Crippen molar-refractivity contribution >= 4 is 40.0 Å². The first kappa shape index (κ1) is 27.1. The molecule has 0 aliphatic rings. The van der Waals surface area contributed by atoms with Crippen molar-refractivity contribution in [2.75, 3.05) is 34.3 Å². The zero-order valence-corrected chi connectivity index (χ0v) is 21.1. The highest BCUT2D eigenvalue weighted by molar-refractivity contribution is 14.0. The van der Waals surface area contributed by atoms with Gasteiger partial charge in [0.1, 0.15) is 0 Å². The maximum absolute atomic E-state index is 12.5. The van der Waals surface area contributed by atoms with Crippen molar-refractivity contribution in [1.82, 2.24) is 14.9 Å². The Bertz CT molecular complexity index is 731. The minimum absolute atomic E-state index is 0. The minimum atomic E-state index is -3.51. The van der Waals surface area contributed by atoms with Gasteiger partial charge in [0.25, 0.3) is 0 Å². The van der Waals surface area contributed by atoms with Crippen molar-refractivity contribution < 1.29 is 13.2 Å². The van der Waals surface area contributed by atoms with Crippen LogP contribution in [0.3, 0.4) is 0 Å². The zero-order valence-electron chi connectivity index (χ0n) is 17.9. The topological polar surface area (TPSA) is 83.0 Å². The summed E-state index contributed by atoms with van der Waals surface area (Å²) < 4.78 is 31.8. The summed E-state index contributed by atoms with van der Waals surface area (Å²) in [6.45, 7) is 9.91. The van der Waals surface area contributed by atoms with Crippen LogP contribution in [0.1, 0.15) is 33.3 Å². The van der Waals surface area contributed by atoms with Crippen molar-refractivity contribution in [3.05, 3.63) is 29.8 Å². The van der Waals surface area contributed by atoms with Crippen molar-refractivity contribution in [2.45, 2.75) is 45.2 Å². The number of sulfonamides is 1. The molecule has 2 N–H and O–H groups in total. The third-order valence-electron chi connectivity index (χ3n) is 4.19. The van der Waals surface area contributed by atoms with Gasteiger partial charge in [-0.2, -0.15) is 0 Å². The first-order valence-electron chi connectivity index (χ1n) is 9.09. The van der Waals surface area contributed by atoms with E-state index in [1.54, 1.807) is 25.3 Å². The third kappa shape index (κ3) is 7.84. The molecule has 1 atom stereocenters. The van der Waals surface area contributed by atoms with Crippen LogP contribution in [0.25, 0.3) is 0 Å². The summed E-state index contributed by atoms with van der Waals surface area (Å²) in [5.74, 6) is 0.626. The number of halogens is 1. The molecule has 0 aliphatic carbocycles. The molecule has 0 saturated carbocycles. The standard InChI is InChI=1S/C19H34N4O3S.HI/c1-8-20-18(22-14-17(26-7)19(2,3)4)21-13-15-11-9-10-12-16(15)27(24,25)23(5)6;/h9-12,17H,8,13-14H2,1-7H3,(H2,20,21,22);1H. The van der Waals surface area contributed by atoms with Crippen LogP contribution in [-0.4, -0.2) is 59.1 Å². The third-order valence-corrected chi connectivity index (χ3v) is 6.10. The van der Waals surface area contributed by atoms with Crippen molar-refractivity contribution in [3.63, 3.8) is 0 Å². The number of hydrogen-bond donors (Lipinski definition) is 2. The highest BCUT2D eigenvalue weighted by atomic mass is 127. The molecule has 1 aromatic carbocycles. The van der Waals surface area contributed by atoms with Crippen LogP contribution in [-0.2, 0) is 21.3 Å². The normalized spacial score (nSPS) is 13.8. The average Bonchev–Trinajstić information content (AvgIpc) is 2.59. The average molecular weight is 526 g/mol. The van der Waals surface area contributed by atoms with Crippen LogP contribution in [0.5, 0.6) is 0 Å². The molecule has 0 bridgehead atoms. The Hall–Kier alpha value is -0.910. The van der Waals surface area contributed by atoms with Gasteiger partial charge in [-0.3, -0.25) is 0 Å². The number of rotatable bonds is 8. The number of nitrogens with zero attached hydrogens (tertiary/aromatic N) is 2. The Morgan fingerprint density at radius 2 is 1.82 bits per heavy atom. The number of guanidine groups is 1. The van der Waals surface area contributed by atoms with Gasteiger partial charge in [0, 0.05) is 34.3 Å². The number of ether oxygens (including phenoxy) is 1. The molecular formula is C19H35IN4O3S. The van der Waals surface area contributed by atoms with Gasteiger partial charge in [-0.05, 0) is 24.0 Å². The first-order chi connectivity index (χ1) is 12.5. The molecule has 0 aromatic heterocycles. The van der Waals surface area contributed by atoms with E-state index in [9.17, 15) is 8.42 Å². The van der Waals surface area contributed by atoms with E-state index in [4.69, 9.17) is 4.74 Å². The lowest BCUT2D eigenvalue weighted by Gasteiger charge is -2.30. The second kappa shape index (κ2) is 11.9. The maximum Gasteiger partial charge on any atom is 0.242 e. The van der Waals surface area contributed by atoms with E-state index in [1.165, 1.54) is 18.4 Å². The number of benzene rings is 1. The minimum Gasteiger partial charge on any atom is -0.379 e. The van der Waals surface area contributed by atoms with Gasteiger partial charge in [-0.1, -0.05) is 39.0 Å². The highest BCUT2D eigenvalue weighted by Crippen LogP contribution is 2.21. The van der Waals surface area contributed by atoms with Gasteiger partial charge in [-0.15, -0.1) is 24.0 Å². The molecule has 0 amide bonds. The van der Waals surface area contributed by atoms with E-state index in [0.717, 1.165) is 0 Å². The van der Waals surface area contributed by atoms with Crippen LogP contribution in [0.4, 0.5) is 0 Å². The highest BCUT2D eigenvalue weighted by Gasteiger charge is 2.24. The Kier molecular flexibility index (Phi) is 11.6. The second-order valence-corrected chi connectivity index (χ2v) is 9.68. The second-order valence-electron chi connectivity index (χ2n) is 7.56. The molecule has 162 valence electrons. The van der Waals surface area contributed by atoms with Gasteiger partial charge in [0.05, 0.1) is 17.5 Å². The van der Waals surface area contributed by atoms with Crippen LogP contribution in [0.2, 0.25) is 0 Å². The molecule has 1 rings (SSSR count). The van der Waals surface area contributed by atoms with E-state index in [0.29, 0.717) is 24.6 Å². The van der Waals surface area contributed by atoms with Crippen LogP contribution >= 0.6 is 24.0 Å². The summed E-state index contributed by atoms with van der Waals surface area (Å²) in [6.07, 6.45) is 0.0164. The summed E-state index contributed by atoms with van der Waals surface area (Å²) in [5, 5.41) is 6.47. The van der Waals surface area contributed by atoms with E-state index >= 15 is 0 Å². The molecule has 0 fully saturated rings. The lowest BCUT2D eigenvalue weighted by Crippen LogP contribution is -2.45. The largest absolute Gasteiger partial charge is 0.379 e. The number of methoxy groups -OCH3 is 1. The van der Waals surface area contributed by atoms with E-state index in [1.807, 2.05) is 13.0 Å². The van der Waals surface area contributed by atoms with E-state index < -0.39 is 10.0 Å². The van der Waals surface area contributed by atoms with Gasteiger partial charge in [0.15, 0.2) is 5.96 Å². The molecule has 0 saturated heterocycles. The van der Waals surface area contributed by atoms with Gasteiger partial charge in [-0.25, -0.2) is 17.7 Å². The molecule has 1 aromatic rings. The lowest BCUT2D eigenvalue weighted by atomic mass is 9.89. The monoisotopic (exact) mass is 526 g/mol. The maximum atomic E-state index is 12.5. The quantitative estimate of drug-likeness (QED) is 0.309. The molecular weight excluding hydrogens is 491 g/mol. The summed E-state index contributed by atoms with van der Waals surface area (Å²) >= 11 is 0. The van der Waals surface area contributed by atoms with Gasteiger partial charge >= 0.3 is 0 Å². The fourth-order valence-electron chi connectivity index (χ4n) is 2.52. The number of hydrogen-bond acceptors (Lipinski definition) is 4. The molecule has 0 heterocycles. The van der Waals surface area contributed by atoms with Crippen LogP contribution in [0.15, 0.2) is 34.2 Å². The molecule has 0 radical (unpaired) electrons. The summed E-state index contributed by atoms with van der Waals surface area (Å²) in [5.41, 5.74) is 0.647. The van der Waals surface area contributed by atoms with Crippen LogP contribution in [0, 0.1) is 5.41 Å². The van der Waals surface area contributed by atoms with Crippen molar-refractivity contribution in [2.24, 2.45) is 10.4 Å². The van der Waals surface area contributed by atoms with Crippen LogP contribution < -0.4 is 10.6 Å². The Labute approximate surface area is 187 Å². The smallest absolute Gasteiger partial charge is 0.242 e. The molecule has 1 unspecified atom stereocenters. The van der Waals surface area contributed by atoms with Crippen molar-refractivity contribution in [1.29, 1.82) is 0 Å². The molecule has 7 nitrogen and oxygen atoms in total. The summed E-state index contributed by atoms with van der Waals surface area (Å²) in [6, 6.07) is 6.94.